The Morgan fingerprint density at radius 2 is 1.87 bits per heavy atom. The fourth-order valence-corrected chi connectivity index (χ4v) is 1.01. The van der Waals surface area contributed by atoms with E-state index in [0.717, 1.165) is 0 Å². The maximum Gasteiger partial charge on any atom is 0.269 e. The SMILES string of the molecule is O=[N+]([O-])c1ccc(C=[N+]([O-])CCO)cc1. The molecule has 0 saturated heterocycles. The van der Waals surface area contributed by atoms with Crippen LogP contribution in [-0.2, 0) is 0 Å². The number of nitrogens with zero attached hydrogens (tertiary/aromatic N) is 2. The Morgan fingerprint density at radius 1 is 1.27 bits per heavy atom. The third kappa shape index (κ3) is 3.35. The second-order valence-corrected chi connectivity index (χ2v) is 2.84. The van der Waals surface area contributed by atoms with Crippen LogP contribution in [0.1, 0.15) is 5.56 Å². The Bertz CT molecular complexity index is 372. The smallest absolute Gasteiger partial charge is 0.269 e. The van der Waals surface area contributed by atoms with E-state index in [-0.39, 0.29) is 18.8 Å². The number of nitro groups is 1. The molecule has 1 aromatic rings. The molecule has 0 amide bonds. The molecule has 0 unspecified atom stereocenters. The zero-order valence-corrected chi connectivity index (χ0v) is 7.87. The second kappa shape index (κ2) is 5.06. The molecule has 15 heavy (non-hydrogen) atoms. The van der Waals surface area contributed by atoms with Crippen molar-refractivity contribution in [1.29, 1.82) is 0 Å². The lowest BCUT2D eigenvalue weighted by atomic mass is 10.2. The molecule has 0 aromatic heterocycles. The lowest BCUT2D eigenvalue weighted by Gasteiger charge is -2.00. The molecule has 1 N–H and O–H groups in total. The highest BCUT2D eigenvalue weighted by Crippen LogP contribution is 2.10. The third-order valence-corrected chi connectivity index (χ3v) is 1.72. The summed E-state index contributed by atoms with van der Waals surface area (Å²) < 4.78 is 0.571. The molecule has 0 saturated carbocycles. The van der Waals surface area contributed by atoms with Crippen LogP contribution in [0.3, 0.4) is 0 Å². The maximum atomic E-state index is 11.0. The van der Waals surface area contributed by atoms with Gasteiger partial charge in [-0.05, 0) is 12.1 Å². The number of hydroxylamine groups is 1. The molecule has 0 bridgehead atoms. The second-order valence-electron chi connectivity index (χ2n) is 2.84. The summed E-state index contributed by atoms with van der Waals surface area (Å²) >= 11 is 0. The standard InChI is InChI=1S/C9H10N2O4/c12-6-5-10(13)7-8-1-3-9(4-2-8)11(14)15/h1-4,7,12H,5-6H2. The molecule has 6 heteroatoms. The number of rotatable bonds is 4. The van der Waals surface area contributed by atoms with Crippen LogP contribution in [0.5, 0.6) is 0 Å². The van der Waals surface area contributed by atoms with Gasteiger partial charge in [0, 0.05) is 17.7 Å². The molecule has 0 aliphatic carbocycles. The Kier molecular flexibility index (Phi) is 3.75. The minimum absolute atomic E-state index is 0.0169. The lowest BCUT2D eigenvalue weighted by Crippen LogP contribution is -2.10. The van der Waals surface area contributed by atoms with Crippen molar-refractivity contribution < 1.29 is 14.8 Å². The van der Waals surface area contributed by atoms with Gasteiger partial charge in [-0.25, -0.2) is 4.74 Å². The first-order chi connectivity index (χ1) is 7.13. The number of hydrogen-bond acceptors (Lipinski definition) is 4. The van der Waals surface area contributed by atoms with Gasteiger partial charge < -0.3 is 10.3 Å². The predicted octanol–water partition coefficient (Wildman–Crippen LogP) is 0.516. The molecule has 0 aliphatic heterocycles. The van der Waals surface area contributed by atoms with Gasteiger partial charge in [-0.3, -0.25) is 10.1 Å². The predicted molar refractivity (Wildman–Crippen MR) is 53.8 cm³/mol. The molecule has 0 radical (unpaired) electrons. The maximum absolute atomic E-state index is 11.0. The van der Waals surface area contributed by atoms with Crippen molar-refractivity contribution in [2.75, 3.05) is 13.2 Å². The number of aliphatic hydroxyl groups is 1. The van der Waals surface area contributed by atoms with Crippen molar-refractivity contribution in [3.63, 3.8) is 0 Å². The molecule has 80 valence electrons. The number of non-ortho nitro benzene ring substituents is 1. The summed E-state index contributed by atoms with van der Waals surface area (Å²) in [6.07, 6.45) is 1.26. The summed E-state index contributed by atoms with van der Waals surface area (Å²) in [5, 5.41) is 29.8. The Morgan fingerprint density at radius 3 is 2.33 bits per heavy atom. The zero-order valence-electron chi connectivity index (χ0n) is 7.87. The van der Waals surface area contributed by atoms with E-state index in [9.17, 15) is 15.3 Å². The molecule has 0 atom stereocenters. The number of hydrogen-bond donors (Lipinski definition) is 1. The third-order valence-electron chi connectivity index (χ3n) is 1.72. The molecule has 0 spiro atoms. The zero-order chi connectivity index (χ0) is 11.3. The van der Waals surface area contributed by atoms with Gasteiger partial charge in [-0.15, -0.1) is 0 Å². The minimum Gasteiger partial charge on any atom is -0.624 e. The number of aliphatic hydroxyl groups excluding tert-OH is 1. The fraction of sp³-hybridized carbons (Fsp3) is 0.222. The van der Waals surface area contributed by atoms with E-state index in [4.69, 9.17) is 5.11 Å². The normalized spacial score (nSPS) is 11.4. The van der Waals surface area contributed by atoms with E-state index in [1.54, 1.807) is 0 Å². The largest absolute Gasteiger partial charge is 0.624 e. The van der Waals surface area contributed by atoms with Crippen LogP contribution in [0, 0.1) is 15.3 Å². The van der Waals surface area contributed by atoms with Gasteiger partial charge in [0.15, 0.2) is 12.8 Å². The van der Waals surface area contributed by atoms with Gasteiger partial charge in [0.1, 0.15) is 6.61 Å². The summed E-state index contributed by atoms with van der Waals surface area (Å²) in [6.45, 7) is -0.246. The van der Waals surface area contributed by atoms with Crippen molar-refractivity contribution in [3.05, 3.63) is 45.2 Å². The van der Waals surface area contributed by atoms with E-state index < -0.39 is 4.92 Å². The van der Waals surface area contributed by atoms with Crippen molar-refractivity contribution in [2.45, 2.75) is 0 Å². The minimum atomic E-state index is -0.507. The Hall–Kier alpha value is -1.95. The first-order valence-corrected chi connectivity index (χ1v) is 4.27. The quantitative estimate of drug-likeness (QED) is 0.258. The summed E-state index contributed by atoms with van der Waals surface area (Å²) in [6, 6.07) is 5.58. The lowest BCUT2D eigenvalue weighted by molar-refractivity contribution is -0.455. The van der Waals surface area contributed by atoms with Crippen molar-refractivity contribution in [2.24, 2.45) is 0 Å². The molecule has 0 heterocycles. The number of nitro benzene ring substituents is 1. The Labute approximate surface area is 85.8 Å². The van der Waals surface area contributed by atoms with E-state index in [0.29, 0.717) is 10.3 Å². The van der Waals surface area contributed by atoms with Crippen LogP contribution in [0.4, 0.5) is 5.69 Å². The van der Waals surface area contributed by atoms with Crippen LogP contribution in [0.25, 0.3) is 0 Å². The highest BCUT2D eigenvalue weighted by Gasteiger charge is 2.03. The molecular weight excluding hydrogens is 200 g/mol. The van der Waals surface area contributed by atoms with E-state index in [1.165, 1.54) is 30.5 Å². The van der Waals surface area contributed by atoms with Crippen LogP contribution >= 0.6 is 0 Å². The van der Waals surface area contributed by atoms with Crippen molar-refractivity contribution in [1.82, 2.24) is 0 Å². The molecule has 1 aromatic carbocycles. The van der Waals surface area contributed by atoms with Gasteiger partial charge in [-0.2, -0.15) is 0 Å². The highest BCUT2D eigenvalue weighted by atomic mass is 16.6. The molecular formula is C9H10N2O4. The molecule has 0 fully saturated rings. The summed E-state index contributed by atoms with van der Waals surface area (Å²) in [7, 11) is 0. The van der Waals surface area contributed by atoms with Crippen LogP contribution < -0.4 is 0 Å². The molecule has 1 rings (SSSR count). The average molecular weight is 210 g/mol. The summed E-state index contributed by atoms with van der Waals surface area (Å²) in [4.78, 5) is 9.82. The monoisotopic (exact) mass is 210 g/mol. The van der Waals surface area contributed by atoms with Gasteiger partial charge >= 0.3 is 0 Å². The Balaban J connectivity index is 2.80. The van der Waals surface area contributed by atoms with Gasteiger partial charge in [-0.1, -0.05) is 0 Å². The molecule has 6 nitrogen and oxygen atoms in total. The van der Waals surface area contributed by atoms with Gasteiger partial charge in [0.05, 0.1) is 4.92 Å². The van der Waals surface area contributed by atoms with E-state index in [2.05, 4.69) is 0 Å². The van der Waals surface area contributed by atoms with Crippen LogP contribution in [0.15, 0.2) is 24.3 Å². The first kappa shape index (κ1) is 11.1. The van der Waals surface area contributed by atoms with Crippen LogP contribution in [0.2, 0.25) is 0 Å². The van der Waals surface area contributed by atoms with Gasteiger partial charge in [0.2, 0.25) is 0 Å². The summed E-state index contributed by atoms with van der Waals surface area (Å²) in [5.41, 5.74) is 0.538. The van der Waals surface area contributed by atoms with Crippen molar-refractivity contribution in [3.8, 4) is 0 Å². The number of benzene rings is 1. The molecule has 0 aliphatic rings. The van der Waals surface area contributed by atoms with Crippen LogP contribution in [-0.4, -0.2) is 34.1 Å². The highest BCUT2D eigenvalue weighted by molar-refractivity contribution is 5.76. The first-order valence-electron chi connectivity index (χ1n) is 4.27. The fourth-order valence-electron chi connectivity index (χ4n) is 1.01. The average Bonchev–Trinajstić information content (AvgIpc) is 2.18. The van der Waals surface area contributed by atoms with E-state index in [1.807, 2.05) is 0 Å². The van der Waals surface area contributed by atoms with E-state index >= 15 is 0 Å². The van der Waals surface area contributed by atoms with Crippen molar-refractivity contribution >= 4 is 11.9 Å². The topological polar surface area (TPSA) is 89.4 Å². The van der Waals surface area contributed by atoms with Gasteiger partial charge in [0.25, 0.3) is 5.69 Å². The summed E-state index contributed by atoms with van der Waals surface area (Å²) in [5.74, 6) is 0.